The molecule has 0 radical (unpaired) electrons. The Bertz CT molecular complexity index is 932. The van der Waals surface area contributed by atoms with Crippen LogP contribution < -0.4 is 14.8 Å². The summed E-state index contributed by atoms with van der Waals surface area (Å²) < 4.78 is 10.3. The van der Waals surface area contributed by atoms with Gasteiger partial charge < -0.3 is 14.8 Å². The lowest BCUT2D eigenvalue weighted by Crippen LogP contribution is -2.31. The number of hydrogen-bond acceptors (Lipinski definition) is 6. The van der Waals surface area contributed by atoms with E-state index in [9.17, 15) is 9.59 Å². The van der Waals surface area contributed by atoms with Crippen molar-refractivity contribution in [2.24, 2.45) is 10.2 Å². The molecule has 0 bridgehead atoms. The second kappa shape index (κ2) is 9.52. The Morgan fingerprint density at radius 2 is 1.75 bits per heavy atom. The summed E-state index contributed by atoms with van der Waals surface area (Å²) in [4.78, 5) is 24.5. The molecule has 0 aliphatic heterocycles. The van der Waals surface area contributed by atoms with Gasteiger partial charge in [-0.3, -0.25) is 9.59 Å². The van der Waals surface area contributed by atoms with E-state index in [-0.39, 0.29) is 10.7 Å². The second-order valence-corrected chi connectivity index (χ2v) is 6.60. The molecule has 0 saturated carbocycles. The van der Waals surface area contributed by atoms with Crippen LogP contribution in [0.15, 0.2) is 40.6 Å². The van der Waals surface area contributed by atoms with E-state index in [0.29, 0.717) is 22.2 Å². The highest BCUT2D eigenvalue weighted by Gasteiger charge is 2.24. The number of carbonyl (C=O) groups is 2. The Morgan fingerprint density at radius 1 is 1.11 bits per heavy atom. The molecule has 0 fully saturated rings. The first-order chi connectivity index (χ1) is 13.3. The van der Waals surface area contributed by atoms with Gasteiger partial charge >= 0.3 is 0 Å². The van der Waals surface area contributed by atoms with Crippen molar-refractivity contribution in [2.75, 3.05) is 19.5 Å². The topological polar surface area (TPSA) is 89.4 Å². The van der Waals surface area contributed by atoms with Crippen molar-refractivity contribution >= 4 is 46.3 Å². The number of rotatable bonds is 7. The summed E-state index contributed by atoms with van der Waals surface area (Å²) in [6, 6.07) is 6.83. The summed E-state index contributed by atoms with van der Waals surface area (Å²) in [7, 11) is 2.92. The Balaban J connectivity index is 2.28. The van der Waals surface area contributed by atoms with Gasteiger partial charge in [0.2, 0.25) is 6.04 Å². The normalized spacial score (nSPS) is 11.9. The van der Waals surface area contributed by atoms with E-state index in [1.165, 1.54) is 33.3 Å². The van der Waals surface area contributed by atoms with Gasteiger partial charge in [0.15, 0.2) is 17.3 Å². The van der Waals surface area contributed by atoms with E-state index < -0.39 is 17.7 Å². The average Bonchev–Trinajstić information content (AvgIpc) is 2.66. The van der Waals surface area contributed by atoms with E-state index in [0.717, 1.165) is 5.56 Å². The average molecular weight is 424 g/mol. The van der Waals surface area contributed by atoms with Crippen LogP contribution in [0.4, 0.5) is 11.4 Å². The minimum atomic E-state index is -1.36. The lowest BCUT2D eigenvalue weighted by atomic mass is 10.2. The number of ketones is 1. The van der Waals surface area contributed by atoms with Crippen molar-refractivity contribution in [3.05, 3.63) is 45.9 Å². The Labute approximate surface area is 172 Å². The molecule has 9 heteroatoms. The maximum Gasteiger partial charge on any atom is 0.258 e. The first-order valence-electron chi connectivity index (χ1n) is 8.17. The molecule has 0 saturated heterocycles. The van der Waals surface area contributed by atoms with Crippen molar-refractivity contribution in [3.63, 3.8) is 0 Å². The van der Waals surface area contributed by atoms with Crippen LogP contribution in [0.2, 0.25) is 10.0 Å². The maximum absolute atomic E-state index is 12.6. The molecule has 1 N–H and O–H groups in total. The summed E-state index contributed by atoms with van der Waals surface area (Å²) >= 11 is 12.3. The van der Waals surface area contributed by atoms with E-state index >= 15 is 0 Å². The fourth-order valence-corrected chi connectivity index (χ4v) is 2.66. The largest absolute Gasteiger partial charge is 0.493 e. The first kappa shape index (κ1) is 21.7. The van der Waals surface area contributed by atoms with Gasteiger partial charge in [0, 0.05) is 12.1 Å². The minimum Gasteiger partial charge on any atom is -0.493 e. The summed E-state index contributed by atoms with van der Waals surface area (Å²) in [5.41, 5.74) is 1.42. The molecule has 0 aliphatic rings. The number of amides is 1. The van der Waals surface area contributed by atoms with Gasteiger partial charge in [0.05, 0.1) is 30.0 Å². The molecule has 28 heavy (non-hydrogen) atoms. The number of Topliss-reactive ketones (excluding diaryl/α,β-unsaturated/α-hetero) is 1. The van der Waals surface area contributed by atoms with Crippen molar-refractivity contribution in [2.45, 2.75) is 19.9 Å². The molecule has 1 atom stereocenters. The molecule has 1 amide bonds. The SMILES string of the molecule is COc1cc(Cl)c(NC(=O)C(N=Nc2cccc(C)c2Cl)C(C)=O)cc1OC. The van der Waals surface area contributed by atoms with E-state index in [2.05, 4.69) is 15.5 Å². The predicted molar refractivity (Wildman–Crippen MR) is 108 cm³/mol. The number of nitrogens with zero attached hydrogens (tertiary/aromatic N) is 2. The van der Waals surface area contributed by atoms with Crippen LogP contribution >= 0.6 is 23.2 Å². The molecular weight excluding hydrogens is 405 g/mol. The lowest BCUT2D eigenvalue weighted by Gasteiger charge is -2.14. The molecule has 0 aliphatic carbocycles. The highest BCUT2D eigenvalue weighted by molar-refractivity contribution is 6.34. The molecule has 2 aromatic carbocycles. The number of benzene rings is 2. The zero-order valence-electron chi connectivity index (χ0n) is 15.7. The van der Waals surface area contributed by atoms with E-state index in [1.54, 1.807) is 12.1 Å². The van der Waals surface area contributed by atoms with E-state index in [1.807, 2.05) is 13.0 Å². The number of anilines is 1. The van der Waals surface area contributed by atoms with Crippen LogP contribution in [-0.2, 0) is 9.59 Å². The third-order valence-corrected chi connectivity index (χ3v) is 4.62. The quantitative estimate of drug-likeness (QED) is 0.501. The molecule has 1 unspecified atom stereocenters. The number of carbonyl (C=O) groups excluding carboxylic acids is 2. The standard InChI is InChI=1S/C19H19Cl2N3O4/c1-10-6-5-7-13(17(10)21)23-24-18(11(2)25)19(26)22-14-9-16(28-4)15(27-3)8-12(14)20/h5-9,18H,1-4H3,(H,22,26). The number of hydrogen-bond donors (Lipinski definition) is 1. The highest BCUT2D eigenvalue weighted by Crippen LogP contribution is 2.36. The number of azo groups is 1. The molecule has 0 heterocycles. The van der Waals surface area contributed by atoms with Gasteiger partial charge in [-0.2, -0.15) is 10.2 Å². The van der Waals surface area contributed by atoms with Crippen molar-refractivity contribution in [1.82, 2.24) is 0 Å². The number of aryl methyl sites for hydroxylation is 1. The first-order valence-corrected chi connectivity index (χ1v) is 8.92. The molecule has 148 valence electrons. The van der Waals surface area contributed by atoms with E-state index in [4.69, 9.17) is 32.7 Å². The number of halogens is 2. The van der Waals surface area contributed by atoms with Gasteiger partial charge in [-0.1, -0.05) is 35.3 Å². The van der Waals surface area contributed by atoms with Crippen LogP contribution in [0.1, 0.15) is 12.5 Å². The van der Waals surface area contributed by atoms with Crippen LogP contribution in [0.5, 0.6) is 11.5 Å². The van der Waals surface area contributed by atoms with Gasteiger partial charge in [-0.05, 0) is 25.5 Å². The number of ether oxygens (including phenoxy) is 2. The molecular formula is C19H19Cl2N3O4. The minimum absolute atomic E-state index is 0.215. The monoisotopic (exact) mass is 423 g/mol. The second-order valence-electron chi connectivity index (χ2n) is 5.81. The van der Waals surface area contributed by atoms with Crippen LogP contribution in [0.25, 0.3) is 0 Å². The molecule has 2 aromatic rings. The Kier molecular flexibility index (Phi) is 7.37. The summed E-state index contributed by atoms with van der Waals surface area (Å²) in [6.45, 7) is 3.06. The lowest BCUT2D eigenvalue weighted by molar-refractivity contribution is -0.126. The third-order valence-electron chi connectivity index (χ3n) is 3.82. The number of nitrogens with one attached hydrogen (secondary N) is 1. The van der Waals surface area contributed by atoms with Crippen LogP contribution in [-0.4, -0.2) is 32.0 Å². The van der Waals surface area contributed by atoms with Gasteiger partial charge in [-0.25, -0.2) is 0 Å². The Morgan fingerprint density at radius 3 is 2.36 bits per heavy atom. The fraction of sp³-hybridized carbons (Fsp3) is 0.263. The highest BCUT2D eigenvalue weighted by atomic mass is 35.5. The van der Waals surface area contributed by atoms with Gasteiger partial charge in [-0.15, -0.1) is 0 Å². The zero-order chi connectivity index (χ0) is 20.8. The maximum atomic E-state index is 12.6. The third kappa shape index (κ3) is 4.99. The fourth-order valence-electron chi connectivity index (χ4n) is 2.30. The van der Waals surface area contributed by atoms with Crippen LogP contribution in [0.3, 0.4) is 0 Å². The molecule has 0 aromatic heterocycles. The summed E-state index contributed by atoms with van der Waals surface area (Å²) in [6.07, 6.45) is 0. The van der Waals surface area contributed by atoms with Gasteiger partial charge in [0.25, 0.3) is 5.91 Å². The summed E-state index contributed by atoms with van der Waals surface area (Å²) in [5.74, 6) is -0.395. The van der Waals surface area contributed by atoms with Crippen molar-refractivity contribution < 1.29 is 19.1 Å². The van der Waals surface area contributed by atoms with Crippen molar-refractivity contribution in [1.29, 1.82) is 0 Å². The molecule has 2 rings (SSSR count). The molecule has 0 spiro atoms. The van der Waals surface area contributed by atoms with Crippen molar-refractivity contribution in [3.8, 4) is 11.5 Å². The number of methoxy groups -OCH3 is 2. The summed E-state index contributed by atoms with van der Waals surface area (Å²) in [5, 5.41) is 11.0. The Hall–Kier alpha value is -2.64. The smallest absolute Gasteiger partial charge is 0.258 e. The van der Waals surface area contributed by atoms with Gasteiger partial charge in [0.1, 0.15) is 5.69 Å². The molecule has 7 nitrogen and oxygen atoms in total. The predicted octanol–water partition coefficient (Wildman–Crippen LogP) is 5.00. The van der Waals surface area contributed by atoms with Crippen LogP contribution in [0, 0.1) is 6.92 Å². The zero-order valence-corrected chi connectivity index (χ0v) is 17.3.